The smallest absolute Gasteiger partial charge is 0.306 e. The molecule has 1 unspecified atom stereocenters. The third-order valence-electron chi connectivity index (χ3n) is 4.72. The molecule has 142 valence electrons. The van der Waals surface area contributed by atoms with E-state index in [1.165, 1.54) is 0 Å². The van der Waals surface area contributed by atoms with Gasteiger partial charge in [0.1, 0.15) is 6.10 Å². The summed E-state index contributed by atoms with van der Waals surface area (Å²) in [4.78, 5) is 22.5. The van der Waals surface area contributed by atoms with Crippen LogP contribution >= 0.6 is 0 Å². The third kappa shape index (κ3) is 12.4. The van der Waals surface area contributed by atoms with E-state index in [0.717, 1.165) is 70.6 Å². The van der Waals surface area contributed by atoms with Crippen LogP contribution in [-0.4, -0.2) is 23.1 Å². The van der Waals surface area contributed by atoms with Gasteiger partial charge in [-0.2, -0.15) is 0 Å². The standard InChI is InChI=1S/C20H38O4/c1-4-7-14-18(17(5-2)6-3)24-20(23)16-13-11-9-8-10-12-15-19(21)22/h17-18H,4-16H2,1-3H3,(H,21,22). The highest BCUT2D eigenvalue weighted by Gasteiger charge is 2.21. The average molecular weight is 343 g/mol. The van der Waals surface area contributed by atoms with E-state index >= 15 is 0 Å². The van der Waals surface area contributed by atoms with Crippen molar-refractivity contribution in [2.45, 2.75) is 110 Å². The number of rotatable bonds is 16. The van der Waals surface area contributed by atoms with Gasteiger partial charge in [0.2, 0.25) is 0 Å². The highest BCUT2D eigenvalue weighted by molar-refractivity contribution is 5.69. The Balaban J connectivity index is 3.85. The summed E-state index contributed by atoms with van der Waals surface area (Å²) >= 11 is 0. The number of ether oxygens (including phenoxy) is 1. The summed E-state index contributed by atoms with van der Waals surface area (Å²) in [6.45, 7) is 6.51. The molecule has 24 heavy (non-hydrogen) atoms. The molecule has 0 aromatic rings. The zero-order valence-corrected chi connectivity index (χ0v) is 16.0. The minimum Gasteiger partial charge on any atom is -0.481 e. The number of carboxylic acid groups (broad SMARTS) is 1. The SMILES string of the molecule is CCCCC(OC(=O)CCCCCCCCC(=O)O)C(CC)CC. The van der Waals surface area contributed by atoms with Crippen LogP contribution in [-0.2, 0) is 14.3 Å². The fourth-order valence-corrected chi connectivity index (χ4v) is 3.09. The van der Waals surface area contributed by atoms with Crippen molar-refractivity contribution in [3.8, 4) is 0 Å². The Hall–Kier alpha value is -1.06. The molecule has 0 rings (SSSR count). The van der Waals surface area contributed by atoms with Gasteiger partial charge in [-0.25, -0.2) is 0 Å². The maximum atomic E-state index is 12.1. The van der Waals surface area contributed by atoms with Gasteiger partial charge in [0.25, 0.3) is 0 Å². The number of unbranched alkanes of at least 4 members (excludes halogenated alkanes) is 6. The zero-order chi connectivity index (χ0) is 18.2. The van der Waals surface area contributed by atoms with E-state index in [9.17, 15) is 9.59 Å². The maximum absolute atomic E-state index is 12.1. The largest absolute Gasteiger partial charge is 0.481 e. The van der Waals surface area contributed by atoms with Crippen molar-refractivity contribution in [1.82, 2.24) is 0 Å². The van der Waals surface area contributed by atoms with E-state index in [-0.39, 0.29) is 18.5 Å². The summed E-state index contributed by atoms with van der Waals surface area (Å²) in [6, 6.07) is 0. The van der Waals surface area contributed by atoms with Crippen LogP contribution in [0.5, 0.6) is 0 Å². The Morgan fingerprint density at radius 1 is 0.833 bits per heavy atom. The molecule has 4 heteroatoms. The van der Waals surface area contributed by atoms with Gasteiger partial charge >= 0.3 is 11.9 Å². The molecule has 0 saturated heterocycles. The minimum absolute atomic E-state index is 0.0473. The maximum Gasteiger partial charge on any atom is 0.306 e. The molecule has 0 aromatic carbocycles. The Morgan fingerprint density at radius 2 is 1.38 bits per heavy atom. The fraction of sp³-hybridized carbons (Fsp3) is 0.900. The summed E-state index contributed by atoms with van der Waals surface area (Å²) in [5.41, 5.74) is 0. The molecule has 0 amide bonds. The first kappa shape index (κ1) is 22.9. The molecule has 0 aliphatic carbocycles. The highest BCUT2D eigenvalue weighted by atomic mass is 16.5. The van der Waals surface area contributed by atoms with Crippen LogP contribution in [0.3, 0.4) is 0 Å². The van der Waals surface area contributed by atoms with Gasteiger partial charge in [0, 0.05) is 12.8 Å². The molecule has 0 bridgehead atoms. The molecule has 0 heterocycles. The Labute approximate surface area is 148 Å². The van der Waals surface area contributed by atoms with Gasteiger partial charge in [-0.3, -0.25) is 9.59 Å². The third-order valence-corrected chi connectivity index (χ3v) is 4.72. The van der Waals surface area contributed by atoms with Crippen LogP contribution in [0.25, 0.3) is 0 Å². The van der Waals surface area contributed by atoms with E-state index in [2.05, 4.69) is 20.8 Å². The number of hydrogen-bond acceptors (Lipinski definition) is 3. The lowest BCUT2D eigenvalue weighted by Gasteiger charge is -2.25. The van der Waals surface area contributed by atoms with Crippen molar-refractivity contribution in [3.63, 3.8) is 0 Å². The van der Waals surface area contributed by atoms with E-state index in [1.807, 2.05) is 0 Å². The second-order valence-corrected chi connectivity index (χ2v) is 6.76. The van der Waals surface area contributed by atoms with Crippen LogP contribution in [0.15, 0.2) is 0 Å². The lowest BCUT2D eigenvalue weighted by molar-refractivity contribution is -0.152. The molecule has 0 aliphatic rings. The Morgan fingerprint density at radius 3 is 1.88 bits per heavy atom. The van der Waals surface area contributed by atoms with Crippen LogP contribution < -0.4 is 0 Å². The van der Waals surface area contributed by atoms with E-state index in [1.54, 1.807) is 0 Å². The number of esters is 1. The summed E-state index contributed by atoms with van der Waals surface area (Å²) < 4.78 is 5.76. The number of hydrogen-bond donors (Lipinski definition) is 1. The van der Waals surface area contributed by atoms with Gasteiger partial charge in [0.15, 0.2) is 0 Å². The summed E-state index contributed by atoms with van der Waals surface area (Å²) in [5, 5.41) is 8.56. The van der Waals surface area contributed by atoms with E-state index in [0.29, 0.717) is 12.3 Å². The van der Waals surface area contributed by atoms with Gasteiger partial charge in [0.05, 0.1) is 0 Å². The average Bonchev–Trinajstić information content (AvgIpc) is 2.55. The molecule has 0 radical (unpaired) electrons. The van der Waals surface area contributed by atoms with Gasteiger partial charge in [-0.15, -0.1) is 0 Å². The quantitative estimate of drug-likeness (QED) is 0.287. The molecule has 0 fully saturated rings. The highest BCUT2D eigenvalue weighted by Crippen LogP contribution is 2.22. The topological polar surface area (TPSA) is 63.6 Å². The minimum atomic E-state index is -0.715. The second kappa shape index (κ2) is 15.5. The predicted octanol–water partition coefficient (Wildman–Crippen LogP) is 5.73. The van der Waals surface area contributed by atoms with Crippen LogP contribution in [0, 0.1) is 5.92 Å². The number of aliphatic carboxylic acids is 1. The van der Waals surface area contributed by atoms with Crippen molar-refractivity contribution in [3.05, 3.63) is 0 Å². The molecular weight excluding hydrogens is 304 g/mol. The van der Waals surface area contributed by atoms with Crippen LogP contribution in [0.4, 0.5) is 0 Å². The summed E-state index contributed by atoms with van der Waals surface area (Å²) in [5.74, 6) is -0.281. The number of carboxylic acids is 1. The first-order valence-corrected chi connectivity index (χ1v) is 9.96. The second-order valence-electron chi connectivity index (χ2n) is 6.76. The predicted molar refractivity (Wildman–Crippen MR) is 98.0 cm³/mol. The van der Waals surface area contributed by atoms with Crippen molar-refractivity contribution < 1.29 is 19.4 Å². The molecular formula is C20H38O4. The summed E-state index contributed by atoms with van der Waals surface area (Å²) in [7, 11) is 0. The first-order valence-electron chi connectivity index (χ1n) is 9.96. The monoisotopic (exact) mass is 342 g/mol. The zero-order valence-electron chi connectivity index (χ0n) is 16.0. The Bertz CT molecular complexity index is 324. The van der Waals surface area contributed by atoms with E-state index < -0.39 is 5.97 Å². The van der Waals surface area contributed by atoms with Crippen molar-refractivity contribution in [1.29, 1.82) is 0 Å². The first-order chi connectivity index (χ1) is 11.5. The molecule has 0 spiro atoms. The van der Waals surface area contributed by atoms with Crippen molar-refractivity contribution in [2.75, 3.05) is 0 Å². The van der Waals surface area contributed by atoms with Gasteiger partial charge in [-0.05, 0) is 38.0 Å². The number of carbonyl (C=O) groups excluding carboxylic acids is 1. The molecule has 0 aromatic heterocycles. The van der Waals surface area contributed by atoms with E-state index in [4.69, 9.17) is 9.84 Å². The van der Waals surface area contributed by atoms with Crippen LogP contribution in [0.2, 0.25) is 0 Å². The number of carbonyl (C=O) groups is 2. The summed E-state index contributed by atoms with van der Waals surface area (Å²) in [6.07, 6.45) is 12.0. The molecule has 1 N–H and O–H groups in total. The normalized spacial score (nSPS) is 12.3. The van der Waals surface area contributed by atoms with Gasteiger partial charge < -0.3 is 9.84 Å². The molecule has 0 saturated carbocycles. The lowest BCUT2D eigenvalue weighted by atomic mass is 9.93. The molecule has 0 aliphatic heterocycles. The lowest BCUT2D eigenvalue weighted by Crippen LogP contribution is -2.26. The van der Waals surface area contributed by atoms with Crippen molar-refractivity contribution >= 4 is 11.9 Å². The van der Waals surface area contributed by atoms with Crippen molar-refractivity contribution in [2.24, 2.45) is 5.92 Å². The van der Waals surface area contributed by atoms with Gasteiger partial charge in [-0.1, -0.05) is 59.3 Å². The van der Waals surface area contributed by atoms with Crippen LogP contribution in [0.1, 0.15) is 104 Å². The molecule has 4 nitrogen and oxygen atoms in total. The fourth-order valence-electron chi connectivity index (χ4n) is 3.09. The molecule has 1 atom stereocenters. The Kier molecular flexibility index (Phi) is 14.8.